The molecule has 2 heterocycles. The molecule has 1 fully saturated rings. The third kappa shape index (κ3) is 4.05. The number of aliphatic hydroxyl groups is 1. The highest BCUT2D eigenvalue weighted by atomic mass is 19.1. The summed E-state index contributed by atoms with van der Waals surface area (Å²) in [6.07, 6.45) is 1.70. The molecular weight excluding hydrogens is 399 g/mol. The lowest BCUT2D eigenvalue weighted by molar-refractivity contribution is -0.120. The topological polar surface area (TPSA) is 70.1 Å². The Morgan fingerprint density at radius 1 is 1.06 bits per heavy atom. The molecule has 0 radical (unpaired) electrons. The summed E-state index contributed by atoms with van der Waals surface area (Å²) in [5.41, 5.74) is 1.59. The summed E-state index contributed by atoms with van der Waals surface area (Å²) < 4.78 is 18.9. The second-order valence-electron chi connectivity index (χ2n) is 7.74. The summed E-state index contributed by atoms with van der Waals surface area (Å²) in [6.45, 7) is 3.58. The molecule has 162 valence electrons. The summed E-state index contributed by atoms with van der Waals surface area (Å²) in [6, 6.07) is 12.4. The monoisotopic (exact) mass is 424 g/mol. The van der Waals surface area contributed by atoms with Gasteiger partial charge in [0.2, 0.25) is 0 Å². The largest absolute Gasteiger partial charge is 0.494 e. The number of carbonyl (C=O) groups is 2. The lowest BCUT2D eigenvalue weighted by Crippen LogP contribution is -2.40. The number of carbonyl (C=O) groups excluding carboxylic acids is 2. The molecule has 1 N–H and O–H groups in total. The van der Waals surface area contributed by atoms with Crippen LogP contribution in [0.2, 0.25) is 0 Å². The number of rotatable bonds is 6. The molecule has 2 aliphatic rings. The maximum atomic E-state index is 13.5. The number of hydrogen-bond acceptors (Lipinski definition) is 5. The van der Waals surface area contributed by atoms with E-state index in [1.807, 2.05) is 11.8 Å². The van der Waals surface area contributed by atoms with Gasteiger partial charge in [-0.3, -0.25) is 9.59 Å². The first-order valence-corrected chi connectivity index (χ1v) is 10.5. The van der Waals surface area contributed by atoms with Gasteiger partial charge in [-0.1, -0.05) is 12.1 Å². The minimum Gasteiger partial charge on any atom is -0.494 e. The maximum Gasteiger partial charge on any atom is 0.282 e. The van der Waals surface area contributed by atoms with Crippen LogP contribution in [-0.2, 0) is 9.59 Å². The number of piperidine rings is 1. The summed E-state index contributed by atoms with van der Waals surface area (Å²) in [4.78, 5) is 29.9. The zero-order valence-corrected chi connectivity index (χ0v) is 17.4. The van der Waals surface area contributed by atoms with Gasteiger partial charge < -0.3 is 14.7 Å². The van der Waals surface area contributed by atoms with Gasteiger partial charge in [-0.25, -0.2) is 9.29 Å². The van der Waals surface area contributed by atoms with Crippen LogP contribution in [0.3, 0.4) is 0 Å². The van der Waals surface area contributed by atoms with Crippen molar-refractivity contribution in [2.75, 3.05) is 31.2 Å². The standard InChI is InChI=1S/C24H25FN2O4/c1-2-31-20-11-5-17(6-12-20)21-22(26-13-3-4-16(14-26)15-28)24(30)27(23(21)29)19-9-7-18(25)8-10-19/h5-12,16,28H,2-4,13-15H2,1H3. The van der Waals surface area contributed by atoms with Gasteiger partial charge in [-0.2, -0.15) is 0 Å². The minimum absolute atomic E-state index is 0.0337. The van der Waals surface area contributed by atoms with E-state index >= 15 is 0 Å². The number of anilines is 1. The Hall–Kier alpha value is -3.19. The Balaban J connectivity index is 1.77. The highest BCUT2D eigenvalue weighted by molar-refractivity contribution is 6.45. The van der Waals surface area contributed by atoms with E-state index in [9.17, 15) is 19.1 Å². The van der Waals surface area contributed by atoms with Crippen molar-refractivity contribution in [3.8, 4) is 5.75 Å². The fourth-order valence-corrected chi connectivity index (χ4v) is 4.20. The Morgan fingerprint density at radius 2 is 1.77 bits per heavy atom. The van der Waals surface area contributed by atoms with E-state index in [-0.39, 0.29) is 12.5 Å². The second kappa shape index (κ2) is 8.89. The average Bonchev–Trinajstić information content (AvgIpc) is 3.05. The van der Waals surface area contributed by atoms with E-state index in [1.165, 1.54) is 24.3 Å². The van der Waals surface area contributed by atoms with Gasteiger partial charge in [0.25, 0.3) is 11.8 Å². The number of imide groups is 1. The van der Waals surface area contributed by atoms with E-state index in [0.717, 1.165) is 17.7 Å². The van der Waals surface area contributed by atoms with Crippen molar-refractivity contribution in [1.29, 1.82) is 0 Å². The number of amides is 2. The van der Waals surface area contributed by atoms with Crippen molar-refractivity contribution in [3.63, 3.8) is 0 Å². The number of likely N-dealkylation sites (tertiary alicyclic amines) is 1. The van der Waals surface area contributed by atoms with Crippen molar-refractivity contribution < 1.29 is 23.8 Å². The number of nitrogens with zero attached hydrogens (tertiary/aromatic N) is 2. The predicted octanol–water partition coefficient (Wildman–Crippen LogP) is 3.21. The molecule has 4 rings (SSSR count). The smallest absolute Gasteiger partial charge is 0.282 e. The van der Waals surface area contributed by atoms with Gasteiger partial charge in [0.15, 0.2) is 0 Å². The normalized spacial score (nSPS) is 19.4. The molecule has 0 aliphatic carbocycles. The SMILES string of the molecule is CCOc1ccc(C2=C(N3CCCC(CO)C3)C(=O)N(c3ccc(F)cc3)C2=O)cc1. The Kier molecular flexibility index (Phi) is 6.04. The molecule has 1 unspecified atom stereocenters. The minimum atomic E-state index is -0.443. The van der Waals surface area contributed by atoms with Gasteiger partial charge in [0, 0.05) is 19.7 Å². The van der Waals surface area contributed by atoms with Crippen LogP contribution in [0.15, 0.2) is 54.2 Å². The first-order valence-electron chi connectivity index (χ1n) is 10.5. The van der Waals surface area contributed by atoms with Crippen LogP contribution in [0, 0.1) is 11.7 Å². The van der Waals surface area contributed by atoms with Crippen molar-refractivity contribution in [2.24, 2.45) is 5.92 Å². The molecular formula is C24H25FN2O4. The second-order valence-corrected chi connectivity index (χ2v) is 7.74. The molecule has 7 heteroatoms. The molecule has 2 aromatic carbocycles. The molecule has 6 nitrogen and oxygen atoms in total. The van der Waals surface area contributed by atoms with Crippen molar-refractivity contribution >= 4 is 23.1 Å². The molecule has 31 heavy (non-hydrogen) atoms. The first kappa shape index (κ1) is 21.1. The van der Waals surface area contributed by atoms with Crippen LogP contribution < -0.4 is 9.64 Å². The van der Waals surface area contributed by atoms with Crippen LogP contribution in [0.25, 0.3) is 5.57 Å². The van der Waals surface area contributed by atoms with Gasteiger partial charge >= 0.3 is 0 Å². The Labute approximate surface area is 180 Å². The summed E-state index contributed by atoms with van der Waals surface area (Å²) in [5.74, 6) is -0.588. The summed E-state index contributed by atoms with van der Waals surface area (Å²) in [7, 11) is 0. The van der Waals surface area contributed by atoms with Crippen molar-refractivity contribution in [3.05, 3.63) is 65.6 Å². The van der Waals surface area contributed by atoms with E-state index in [4.69, 9.17) is 4.74 Å². The molecule has 0 saturated carbocycles. The fourth-order valence-electron chi connectivity index (χ4n) is 4.20. The molecule has 0 bridgehead atoms. The predicted molar refractivity (Wildman–Crippen MR) is 115 cm³/mol. The third-order valence-electron chi connectivity index (χ3n) is 5.69. The number of aliphatic hydroxyl groups excluding tert-OH is 1. The summed E-state index contributed by atoms with van der Waals surface area (Å²) in [5, 5.41) is 9.64. The van der Waals surface area contributed by atoms with Crippen molar-refractivity contribution in [1.82, 2.24) is 4.90 Å². The van der Waals surface area contributed by atoms with Gasteiger partial charge in [0.05, 0.1) is 17.9 Å². The summed E-state index contributed by atoms with van der Waals surface area (Å²) >= 11 is 0. The van der Waals surface area contributed by atoms with E-state index in [0.29, 0.717) is 48.0 Å². The zero-order valence-electron chi connectivity index (χ0n) is 17.4. The number of ether oxygens (including phenoxy) is 1. The van der Waals surface area contributed by atoms with Crippen molar-refractivity contribution in [2.45, 2.75) is 19.8 Å². The first-order chi connectivity index (χ1) is 15.0. The highest BCUT2D eigenvalue weighted by Gasteiger charge is 2.43. The van der Waals surface area contributed by atoms with Gasteiger partial charge in [0.1, 0.15) is 17.3 Å². The maximum absolute atomic E-state index is 13.5. The van der Waals surface area contributed by atoms with Gasteiger partial charge in [-0.05, 0) is 67.6 Å². The molecule has 2 amide bonds. The molecule has 0 spiro atoms. The number of hydrogen-bond donors (Lipinski definition) is 1. The van der Waals surface area contributed by atoms with E-state index < -0.39 is 17.6 Å². The van der Waals surface area contributed by atoms with Crippen LogP contribution in [-0.4, -0.2) is 48.1 Å². The van der Waals surface area contributed by atoms with Crippen LogP contribution in [0.1, 0.15) is 25.3 Å². The average molecular weight is 424 g/mol. The molecule has 2 aliphatic heterocycles. The highest BCUT2D eigenvalue weighted by Crippen LogP contribution is 2.37. The Bertz CT molecular complexity index is 1000. The quantitative estimate of drug-likeness (QED) is 0.721. The number of halogens is 1. The van der Waals surface area contributed by atoms with E-state index in [2.05, 4.69) is 0 Å². The molecule has 1 atom stereocenters. The number of benzene rings is 2. The fraction of sp³-hybridized carbons (Fsp3) is 0.333. The third-order valence-corrected chi connectivity index (χ3v) is 5.69. The zero-order chi connectivity index (χ0) is 22.0. The van der Waals surface area contributed by atoms with Crippen LogP contribution in [0.4, 0.5) is 10.1 Å². The van der Waals surface area contributed by atoms with Gasteiger partial charge in [-0.15, -0.1) is 0 Å². The van der Waals surface area contributed by atoms with Crippen LogP contribution >= 0.6 is 0 Å². The lowest BCUT2D eigenvalue weighted by Gasteiger charge is -2.34. The molecule has 2 aromatic rings. The Morgan fingerprint density at radius 3 is 2.42 bits per heavy atom. The molecule has 1 saturated heterocycles. The van der Waals surface area contributed by atoms with E-state index in [1.54, 1.807) is 24.3 Å². The van der Waals surface area contributed by atoms with Crippen LogP contribution in [0.5, 0.6) is 5.75 Å². The molecule has 0 aromatic heterocycles. The lowest BCUT2D eigenvalue weighted by atomic mass is 9.97.